The van der Waals surface area contributed by atoms with Crippen molar-refractivity contribution in [3.05, 3.63) is 90.0 Å². The van der Waals surface area contributed by atoms with Crippen molar-refractivity contribution in [1.29, 1.82) is 5.41 Å². The summed E-state index contributed by atoms with van der Waals surface area (Å²) in [4.78, 5) is 27.0. The van der Waals surface area contributed by atoms with E-state index in [1.165, 1.54) is 0 Å². The lowest BCUT2D eigenvalue weighted by molar-refractivity contribution is -0.125. The van der Waals surface area contributed by atoms with Gasteiger partial charge in [0.2, 0.25) is 0 Å². The van der Waals surface area contributed by atoms with Crippen LogP contribution >= 0.6 is 0 Å². The normalized spacial score (nSPS) is 14.4. The number of nitrogens with two attached hydrogens (primary N) is 1. The van der Waals surface area contributed by atoms with Gasteiger partial charge in [0.15, 0.2) is 0 Å². The van der Waals surface area contributed by atoms with Gasteiger partial charge in [0.1, 0.15) is 18.5 Å². The van der Waals surface area contributed by atoms with Gasteiger partial charge in [0, 0.05) is 29.2 Å². The summed E-state index contributed by atoms with van der Waals surface area (Å²) in [6, 6.07) is 23.0. The topological polar surface area (TPSA) is 121 Å². The van der Waals surface area contributed by atoms with Gasteiger partial charge in [-0.15, -0.1) is 0 Å². The van der Waals surface area contributed by atoms with Gasteiger partial charge < -0.3 is 26.0 Å². The second-order valence-electron chi connectivity index (χ2n) is 7.62. The van der Waals surface area contributed by atoms with Crippen LogP contribution in [0.1, 0.15) is 17.2 Å². The van der Waals surface area contributed by atoms with Crippen LogP contribution < -0.4 is 21.3 Å². The number of carbonyl (C=O) groups excluding carboxylic acids is 2. The number of amidine groups is 1. The lowest BCUT2D eigenvalue weighted by Crippen LogP contribution is -2.41. The predicted octanol–water partition coefficient (Wildman–Crippen LogP) is 3.13. The molecule has 1 unspecified atom stereocenters. The van der Waals surface area contributed by atoms with Crippen molar-refractivity contribution in [2.75, 3.05) is 35.3 Å². The van der Waals surface area contributed by atoms with Crippen LogP contribution in [0.4, 0.5) is 17.1 Å². The zero-order chi connectivity index (χ0) is 23.2. The van der Waals surface area contributed by atoms with E-state index in [1.807, 2.05) is 54.6 Å². The van der Waals surface area contributed by atoms with Gasteiger partial charge in [0.05, 0.1) is 6.61 Å². The number of carbonyl (C=O) groups is 2. The molecule has 0 aliphatic carbocycles. The molecule has 0 bridgehead atoms. The lowest BCUT2D eigenvalue weighted by atomic mass is 10.1. The zero-order valence-corrected chi connectivity index (χ0v) is 18.0. The van der Waals surface area contributed by atoms with Crippen molar-refractivity contribution in [1.82, 2.24) is 0 Å². The van der Waals surface area contributed by atoms with Crippen molar-refractivity contribution in [2.24, 2.45) is 5.73 Å². The fraction of sp³-hybridized carbons (Fsp3) is 0.160. The van der Waals surface area contributed by atoms with E-state index in [9.17, 15) is 9.59 Å². The van der Waals surface area contributed by atoms with E-state index in [0.717, 1.165) is 16.9 Å². The minimum Gasteiger partial charge on any atom is -0.384 e. The van der Waals surface area contributed by atoms with Gasteiger partial charge >= 0.3 is 0 Å². The van der Waals surface area contributed by atoms with Crippen LogP contribution in [0.15, 0.2) is 78.9 Å². The number of morpholine rings is 1. The predicted molar refractivity (Wildman–Crippen MR) is 129 cm³/mol. The Hall–Kier alpha value is -4.17. The van der Waals surface area contributed by atoms with E-state index in [0.29, 0.717) is 24.4 Å². The van der Waals surface area contributed by atoms with Crippen molar-refractivity contribution in [3.63, 3.8) is 0 Å². The Morgan fingerprint density at radius 2 is 1.76 bits per heavy atom. The molecule has 1 aliphatic heterocycles. The summed E-state index contributed by atoms with van der Waals surface area (Å²) in [6.07, 6.45) is 0. The molecule has 0 spiro atoms. The van der Waals surface area contributed by atoms with E-state index in [1.54, 1.807) is 29.2 Å². The molecule has 8 nitrogen and oxygen atoms in total. The highest BCUT2D eigenvalue weighted by Gasteiger charge is 2.22. The molecule has 1 fully saturated rings. The first kappa shape index (κ1) is 22.0. The number of nitrogens with one attached hydrogen (secondary N) is 3. The van der Waals surface area contributed by atoms with Gasteiger partial charge in [-0.2, -0.15) is 0 Å². The minimum atomic E-state index is -0.664. The molecule has 0 radical (unpaired) electrons. The Morgan fingerprint density at radius 1 is 1.00 bits per heavy atom. The van der Waals surface area contributed by atoms with Crippen LogP contribution in [0, 0.1) is 5.41 Å². The standard InChI is InChI=1S/C25H25N5O3/c26-24(27)18-7-4-8-20(15-18)29-25(32)23(17-5-2-1-3-6-17)28-19-9-11-21(12-10-19)30-13-14-33-16-22(30)31/h1-12,15,23,28H,13-14,16H2,(H3,26,27)(H,29,32). The maximum atomic E-state index is 13.2. The summed E-state index contributed by atoms with van der Waals surface area (Å²) in [6.45, 7) is 1.11. The number of amides is 2. The molecule has 3 aromatic carbocycles. The van der Waals surface area contributed by atoms with Crippen LogP contribution in [0.5, 0.6) is 0 Å². The molecule has 0 aromatic heterocycles. The molecule has 4 rings (SSSR count). The highest BCUT2D eigenvalue weighted by Crippen LogP contribution is 2.25. The number of ether oxygens (including phenoxy) is 1. The molecule has 3 aromatic rings. The van der Waals surface area contributed by atoms with Crippen molar-refractivity contribution in [3.8, 4) is 0 Å². The Morgan fingerprint density at radius 3 is 2.45 bits per heavy atom. The molecule has 1 aliphatic rings. The molecular formula is C25H25N5O3. The average Bonchev–Trinajstić information content (AvgIpc) is 2.84. The molecule has 5 N–H and O–H groups in total. The van der Waals surface area contributed by atoms with Crippen molar-refractivity contribution < 1.29 is 14.3 Å². The third-order valence-electron chi connectivity index (χ3n) is 5.31. The fourth-order valence-corrected chi connectivity index (χ4v) is 3.62. The summed E-state index contributed by atoms with van der Waals surface area (Å²) in [5.41, 5.74) is 8.97. The lowest BCUT2D eigenvalue weighted by Gasteiger charge is -2.27. The Kier molecular flexibility index (Phi) is 6.66. The third kappa shape index (κ3) is 5.36. The summed E-state index contributed by atoms with van der Waals surface area (Å²) in [5.74, 6) is -0.395. The van der Waals surface area contributed by atoms with E-state index >= 15 is 0 Å². The van der Waals surface area contributed by atoms with Crippen molar-refractivity contribution in [2.45, 2.75) is 6.04 Å². The van der Waals surface area contributed by atoms with Gasteiger partial charge in [-0.25, -0.2) is 0 Å². The quantitative estimate of drug-likeness (QED) is 0.330. The third-order valence-corrected chi connectivity index (χ3v) is 5.31. The number of anilines is 3. The van der Waals surface area contributed by atoms with Gasteiger partial charge in [0.25, 0.3) is 11.8 Å². The number of hydrogen-bond acceptors (Lipinski definition) is 5. The Balaban J connectivity index is 1.54. The maximum Gasteiger partial charge on any atom is 0.253 e. The maximum absolute atomic E-state index is 13.2. The Labute approximate surface area is 191 Å². The SMILES string of the molecule is N=C(N)c1cccc(NC(=O)C(Nc2ccc(N3CCOCC3=O)cc2)c2ccccc2)c1. The Bertz CT molecular complexity index is 1150. The number of rotatable bonds is 7. The van der Waals surface area contributed by atoms with Gasteiger partial charge in [-0.05, 0) is 42.0 Å². The number of nitrogens with zero attached hydrogens (tertiary/aromatic N) is 1. The van der Waals surface area contributed by atoms with Crippen LogP contribution in [-0.2, 0) is 14.3 Å². The van der Waals surface area contributed by atoms with Crippen LogP contribution in [0.2, 0.25) is 0 Å². The zero-order valence-electron chi connectivity index (χ0n) is 18.0. The minimum absolute atomic E-state index is 0.0670. The molecule has 0 saturated carbocycles. The van der Waals surface area contributed by atoms with Crippen LogP contribution in [0.25, 0.3) is 0 Å². The van der Waals surface area contributed by atoms with E-state index in [2.05, 4.69) is 10.6 Å². The second kappa shape index (κ2) is 9.97. The summed E-state index contributed by atoms with van der Waals surface area (Å²) < 4.78 is 5.19. The fourth-order valence-electron chi connectivity index (χ4n) is 3.62. The summed E-state index contributed by atoms with van der Waals surface area (Å²) in [5, 5.41) is 13.8. The van der Waals surface area contributed by atoms with Crippen molar-refractivity contribution >= 4 is 34.7 Å². The highest BCUT2D eigenvalue weighted by atomic mass is 16.5. The molecule has 1 heterocycles. The molecule has 8 heteroatoms. The second-order valence-corrected chi connectivity index (χ2v) is 7.62. The smallest absolute Gasteiger partial charge is 0.253 e. The monoisotopic (exact) mass is 443 g/mol. The first-order valence-electron chi connectivity index (χ1n) is 10.6. The molecule has 2 amide bonds. The number of benzene rings is 3. The highest BCUT2D eigenvalue weighted by molar-refractivity contribution is 6.00. The largest absolute Gasteiger partial charge is 0.384 e. The molecule has 33 heavy (non-hydrogen) atoms. The van der Waals surface area contributed by atoms with Gasteiger partial charge in [-0.1, -0.05) is 42.5 Å². The molecule has 1 saturated heterocycles. The van der Waals surface area contributed by atoms with Crippen LogP contribution in [-0.4, -0.2) is 37.4 Å². The summed E-state index contributed by atoms with van der Waals surface area (Å²) >= 11 is 0. The molecule has 1 atom stereocenters. The first-order valence-corrected chi connectivity index (χ1v) is 10.6. The van der Waals surface area contributed by atoms with E-state index in [-0.39, 0.29) is 24.3 Å². The first-order chi connectivity index (χ1) is 16.0. The van der Waals surface area contributed by atoms with E-state index < -0.39 is 6.04 Å². The molecule has 168 valence electrons. The molecular weight excluding hydrogens is 418 g/mol. The number of nitrogen functional groups attached to an aromatic ring is 1. The van der Waals surface area contributed by atoms with Gasteiger partial charge in [-0.3, -0.25) is 15.0 Å². The van der Waals surface area contributed by atoms with E-state index in [4.69, 9.17) is 15.9 Å². The average molecular weight is 444 g/mol. The van der Waals surface area contributed by atoms with Crippen LogP contribution in [0.3, 0.4) is 0 Å². The number of hydrogen-bond donors (Lipinski definition) is 4. The summed E-state index contributed by atoms with van der Waals surface area (Å²) in [7, 11) is 0.